The average molecular weight is 246 g/mol. The fraction of sp³-hybridized carbons (Fsp3) is 0.667. The molecule has 1 saturated carbocycles. The van der Waals surface area contributed by atoms with E-state index < -0.39 is 20.8 Å². The van der Waals surface area contributed by atoms with E-state index in [1.807, 2.05) is 0 Å². The molecule has 0 heterocycles. The molecule has 0 spiro atoms. The number of halogens is 2. The van der Waals surface area contributed by atoms with Crippen LogP contribution in [0.25, 0.3) is 0 Å². The van der Waals surface area contributed by atoms with Crippen molar-refractivity contribution in [1.82, 2.24) is 0 Å². The fourth-order valence-electron chi connectivity index (χ4n) is 0.722. The van der Waals surface area contributed by atoms with Crippen LogP contribution >= 0.6 is 17.0 Å². The summed E-state index contributed by atoms with van der Waals surface area (Å²) in [6.07, 6.45) is 8.00. The van der Waals surface area contributed by atoms with Gasteiger partial charge in [0.2, 0.25) is 0 Å². The molecule has 0 amide bonds. The van der Waals surface area contributed by atoms with E-state index in [2.05, 4.69) is 6.42 Å². The van der Waals surface area contributed by atoms with Gasteiger partial charge in [-0.3, -0.25) is 0 Å². The summed E-state index contributed by atoms with van der Waals surface area (Å²) in [4.78, 5) is 0. The van der Waals surface area contributed by atoms with E-state index in [9.17, 15) is 0 Å². The zero-order valence-electron chi connectivity index (χ0n) is 5.66. The molecule has 1 fully saturated rings. The predicted molar refractivity (Wildman–Crippen MR) is 40.9 cm³/mol. The molecule has 0 N–H and O–H groups in total. The summed E-state index contributed by atoms with van der Waals surface area (Å²) in [6.45, 7) is 0. The molecule has 0 saturated heterocycles. The zero-order chi connectivity index (χ0) is 6.24. The van der Waals surface area contributed by atoms with Crippen LogP contribution in [0.4, 0.5) is 0 Å². The molecule has 0 aromatic heterocycles. The third-order valence-electron chi connectivity index (χ3n) is 1.07. The Morgan fingerprint density at radius 2 is 1.44 bits per heavy atom. The molecular weight excluding hydrogens is 234 g/mol. The van der Waals surface area contributed by atoms with Crippen molar-refractivity contribution >= 4 is 17.0 Å². The molecule has 0 nitrogen and oxygen atoms in total. The van der Waals surface area contributed by atoms with Crippen molar-refractivity contribution in [2.45, 2.75) is 25.7 Å². The van der Waals surface area contributed by atoms with Crippen LogP contribution in [-0.4, -0.2) is 0 Å². The molecule has 9 heavy (non-hydrogen) atoms. The van der Waals surface area contributed by atoms with Gasteiger partial charge in [-0.05, 0) is 0 Å². The molecule has 1 aliphatic rings. The molecule has 1 rings (SSSR count). The molecule has 1 aliphatic carbocycles. The summed E-state index contributed by atoms with van der Waals surface area (Å²) >= 11 is -0.826. The summed E-state index contributed by atoms with van der Waals surface area (Å²) in [5.74, 6) is 0. The zero-order valence-corrected chi connectivity index (χ0v) is 9.63. The average Bonchev–Trinajstić information content (AvgIpc) is 2.17. The van der Waals surface area contributed by atoms with Crippen LogP contribution in [-0.2, 0) is 20.8 Å². The second kappa shape index (κ2) is 12.2. The van der Waals surface area contributed by atoms with E-state index in [-0.39, 0.29) is 7.43 Å². The van der Waals surface area contributed by atoms with Crippen LogP contribution in [0.3, 0.4) is 0 Å². The maximum atomic E-state index is 4.93. The fourth-order valence-corrected chi connectivity index (χ4v) is 0.722. The van der Waals surface area contributed by atoms with Gasteiger partial charge < -0.3 is 13.8 Å². The van der Waals surface area contributed by atoms with Crippen molar-refractivity contribution in [3.8, 4) is 0 Å². The minimum absolute atomic E-state index is 0. The molecule has 0 unspecified atom stereocenters. The van der Waals surface area contributed by atoms with Crippen LogP contribution in [0.15, 0.2) is 0 Å². The Kier molecular flexibility index (Phi) is 17.7. The van der Waals surface area contributed by atoms with Gasteiger partial charge in [-0.15, -0.1) is 0 Å². The van der Waals surface area contributed by atoms with Gasteiger partial charge >= 0.3 is 37.9 Å². The van der Waals surface area contributed by atoms with Crippen molar-refractivity contribution in [2.75, 3.05) is 0 Å². The van der Waals surface area contributed by atoms with Crippen LogP contribution in [0, 0.1) is 13.8 Å². The third kappa shape index (κ3) is 12.6. The molecule has 54 valence electrons. The van der Waals surface area contributed by atoms with E-state index in [0.717, 1.165) is 0 Å². The Balaban J connectivity index is 0. The van der Waals surface area contributed by atoms with Gasteiger partial charge in [0.1, 0.15) is 0 Å². The van der Waals surface area contributed by atoms with Crippen molar-refractivity contribution in [2.24, 2.45) is 0 Å². The topological polar surface area (TPSA) is 0 Å². The summed E-state index contributed by atoms with van der Waals surface area (Å²) in [6, 6.07) is 0. The number of rotatable bonds is 0. The van der Waals surface area contributed by atoms with Crippen LogP contribution in [0.1, 0.15) is 25.7 Å². The summed E-state index contributed by atoms with van der Waals surface area (Å²) < 4.78 is 0. The van der Waals surface area contributed by atoms with E-state index in [1.165, 1.54) is 25.7 Å². The maximum absolute atomic E-state index is 4.93. The number of hydrogen-bond donors (Lipinski definition) is 0. The van der Waals surface area contributed by atoms with Gasteiger partial charge in [-0.25, -0.2) is 0 Å². The molecule has 0 atom stereocenters. The van der Waals surface area contributed by atoms with Crippen LogP contribution in [0.5, 0.6) is 0 Å². The second-order valence-corrected chi connectivity index (χ2v) is 5.38. The first-order chi connectivity index (χ1) is 3.91. The van der Waals surface area contributed by atoms with Gasteiger partial charge in [0, 0.05) is 0 Å². The Hall–Kier alpha value is 1.46. The third-order valence-corrected chi connectivity index (χ3v) is 1.07. The summed E-state index contributed by atoms with van der Waals surface area (Å²) in [5, 5.41) is 0. The first-order valence-electron chi connectivity index (χ1n) is 2.69. The van der Waals surface area contributed by atoms with Crippen molar-refractivity contribution in [1.29, 1.82) is 0 Å². The van der Waals surface area contributed by atoms with E-state index in [4.69, 9.17) is 17.0 Å². The second-order valence-electron chi connectivity index (χ2n) is 1.64. The van der Waals surface area contributed by atoms with Gasteiger partial charge in [-0.2, -0.15) is 12.8 Å². The standard InChI is InChI=1S/C5H9.CH3.2ClH.Zr/c1-2-4-5-3-1;;;;/h1H,2-5H2;1H3;2*1H;/q2*-1;;;+4/p-2. The van der Waals surface area contributed by atoms with Gasteiger partial charge in [0.25, 0.3) is 0 Å². The molecule has 0 aliphatic heterocycles. The molecule has 0 aromatic rings. The molecule has 0 radical (unpaired) electrons. The van der Waals surface area contributed by atoms with Crippen LogP contribution < -0.4 is 0 Å². The summed E-state index contributed by atoms with van der Waals surface area (Å²) in [5.41, 5.74) is 0. The van der Waals surface area contributed by atoms with Crippen molar-refractivity contribution in [3.63, 3.8) is 0 Å². The molecular formula is C6H12Cl2Zr. The monoisotopic (exact) mass is 244 g/mol. The van der Waals surface area contributed by atoms with E-state index in [1.54, 1.807) is 0 Å². The Morgan fingerprint density at radius 3 is 1.56 bits per heavy atom. The van der Waals surface area contributed by atoms with E-state index >= 15 is 0 Å². The normalized spacial score (nSPS) is 14.4. The molecule has 3 heteroatoms. The SMILES string of the molecule is [CH-]1CCCC1.[CH3-].[Cl][Zr+2][Cl]. The minimum atomic E-state index is -0.826. The first-order valence-corrected chi connectivity index (χ1v) is 9.02. The summed E-state index contributed by atoms with van der Waals surface area (Å²) in [7, 11) is 9.87. The van der Waals surface area contributed by atoms with Gasteiger partial charge in [0.05, 0.1) is 0 Å². The van der Waals surface area contributed by atoms with Crippen LogP contribution in [0.2, 0.25) is 0 Å². The predicted octanol–water partition coefficient (Wildman–Crippen LogP) is 3.59. The quantitative estimate of drug-likeness (QED) is 0.573. The van der Waals surface area contributed by atoms with Gasteiger partial charge in [0.15, 0.2) is 0 Å². The molecule has 0 aromatic carbocycles. The Bertz CT molecular complexity index is 30.4. The Labute approximate surface area is 77.0 Å². The van der Waals surface area contributed by atoms with E-state index in [0.29, 0.717) is 0 Å². The molecule has 0 bridgehead atoms. The van der Waals surface area contributed by atoms with Crippen molar-refractivity contribution in [3.05, 3.63) is 13.8 Å². The van der Waals surface area contributed by atoms with Crippen molar-refractivity contribution < 1.29 is 20.8 Å². The van der Waals surface area contributed by atoms with Gasteiger partial charge in [-0.1, -0.05) is 12.8 Å². The Morgan fingerprint density at radius 1 is 1.11 bits per heavy atom. The number of hydrogen-bond acceptors (Lipinski definition) is 0. The first kappa shape index (κ1) is 13.1.